The normalized spacial score (nSPS) is 18.6. The lowest BCUT2D eigenvalue weighted by Crippen LogP contribution is -2.37. The molecule has 4 heterocycles. The molecule has 1 aromatic carbocycles. The number of ether oxygens (including phenoxy) is 1. The second-order valence-electron chi connectivity index (χ2n) is 8.91. The number of fused-ring (bicyclic) bond motifs is 1. The second kappa shape index (κ2) is 8.94. The monoisotopic (exact) mass is 446 g/mol. The number of carbonyl (C=O) groups is 1. The highest BCUT2D eigenvalue weighted by atomic mass is 16.5. The largest absolute Gasteiger partial charge is 0.496 e. The van der Waals surface area contributed by atoms with Crippen LogP contribution in [0.15, 0.2) is 36.7 Å². The van der Waals surface area contributed by atoms with Crippen molar-refractivity contribution in [1.29, 1.82) is 0 Å². The summed E-state index contributed by atoms with van der Waals surface area (Å²) in [5.41, 5.74) is 4.20. The van der Waals surface area contributed by atoms with Gasteiger partial charge in [0.2, 0.25) is 5.91 Å². The van der Waals surface area contributed by atoms with E-state index in [1.165, 1.54) is 5.56 Å². The standard InChI is InChI=1S/C25H30N6O2/c1-17-20-10-11-23(32)31(16-19-7-4-5-9-22(19)33-3)25(20)28-24(27-17)21-8-6-12-30(21)15-18-13-26-29(2)14-18/h4-5,7,9,13-14,21H,6,8,10-12,15-16H2,1-3H3/t21-/m0/s1. The molecule has 1 fully saturated rings. The highest BCUT2D eigenvalue weighted by Gasteiger charge is 2.33. The van der Waals surface area contributed by atoms with Crippen LogP contribution in [0.5, 0.6) is 5.75 Å². The molecule has 33 heavy (non-hydrogen) atoms. The predicted octanol–water partition coefficient (Wildman–Crippen LogP) is 3.34. The lowest BCUT2D eigenvalue weighted by molar-refractivity contribution is -0.119. The Bertz CT molecular complexity index is 1170. The van der Waals surface area contributed by atoms with Crippen molar-refractivity contribution in [2.45, 2.75) is 51.7 Å². The van der Waals surface area contributed by atoms with Crippen LogP contribution in [0.4, 0.5) is 5.82 Å². The van der Waals surface area contributed by atoms with Crippen molar-refractivity contribution in [2.24, 2.45) is 7.05 Å². The number of hydrogen-bond donors (Lipinski definition) is 0. The minimum absolute atomic E-state index is 0.0936. The maximum atomic E-state index is 13.0. The molecule has 1 saturated heterocycles. The highest BCUT2D eigenvalue weighted by Crippen LogP contribution is 2.36. The third kappa shape index (κ3) is 4.23. The number of likely N-dealkylation sites (tertiary alicyclic amines) is 1. The molecule has 0 saturated carbocycles. The summed E-state index contributed by atoms with van der Waals surface area (Å²) in [5.74, 6) is 2.44. The number of amides is 1. The van der Waals surface area contributed by atoms with Crippen molar-refractivity contribution < 1.29 is 9.53 Å². The van der Waals surface area contributed by atoms with Gasteiger partial charge in [0.05, 0.1) is 25.9 Å². The van der Waals surface area contributed by atoms with Crippen molar-refractivity contribution in [3.8, 4) is 5.75 Å². The average molecular weight is 447 g/mol. The fourth-order valence-electron chi connectivity index (χ4n) is 5.01. The van der Waals surface area contributed by atoms with Crippen molar-refractivity contribution in [3.63, 3.8) is 0 Å². The van der Waals surface area contributed by atoms with Crippen LogP contribution in [0.2, 0.25) is 0 Å². The van der Waals surface area contributed by atoms with Crippen LogP contribution in [0, 0.1) is 6.92 Å². The lowest BCUT2D eigenvalue weighted by atomic mass is 10.0. The molecule has 1 atom stereocenters. The van der Waals surface area contributed by atoms with Gasteiger partial charge in [-0.1, -0.05) is 18.2 Å². The smallest absolute Gasteiger partial charge is 0.228 e. The van der Waals surface area contributed by atoms with Crippen molar-refractivity contribution >= 4 is 11.7 Å². The molecule has 0 bridgehead atoms. The maximum Gasteiger partial charge on any atom is 0.228 e. The van der Waals surface area contributed by atoms with E-state index in [0.29, 0.717) is 19.4 Å². The Kier molecular flexibility index (Phi) is 5.85. The zero-order chi connectivity index (χ0) is 22.9. The molecule has 1 amide bonds. The number of carbonyl (C=O) groups excluding carboxylic acids is 1. The van der Waals surface area contributed by atoms with Gasteiger partial charge in [-0.15, -0.1) is 0 Å². The van der Waals surface area contributed by atoms with Gasteiger partial charge < -0.3 is 4.74 Å². The third-order valence-corrected chi connectivity index (χ3v) is 6.68. The van der Waals surface area contributed by atoms with Gasteiger partial charge in [-0.25, -0.2) is 9.97 Å². The molecule has 0 radical (unpaired) electrons. The van der Waals surface area contributed by atoms with Gasteiger partial charge in [0.15, 0.2) is 0 Å². The van der Waals surface area contributed by atoms with Gasteiger partial charge in [0, 0.05) is 48.6 Å². The van der Waals surface area contributed by atoms with Crippen LogP contribution >= 0.6 is 0 Å². The number of anilines is 1. The summed E-state index contributed by atoms with van der Waals surface area (Å²) in [5, 5.41) is 4.30. The summed E-state index contributed by atoms with van der Waals surface area (Å²) in [6, 6.07) is 7.98. The molecule has 5 rings (SSSR count). The van der Waals surface area contributed by atoms with Gasteiger partial charge in [0.25, 0.3) is 0 Å². The van der Waals surface area contributed by atoms with E-state index in [4.69, 9.17) is 14.7 Å². The molecule has 2 aliphatic rings. The first-order valence-electron chi connectivity index (χ1n) is 11.5. The summed E-state index contributed by atoms with van der Waals surface area (Å²) in [6.45, 7) is 4.31. The summed E-state index contributed by atoms with van der Waals surface area (Å²) in [6.07, 6.45) is 7.26. The van der Waals surface area contributed by atoms with Gasteiger partial charge in [-0.3, -0.25) is 19.3 Å². The van der Waals surface area contributed by atoms with Crippen LogP contribution in [-0.2, 0) is 31.4 Å². The van der Waals surface area contributed by atoms with Crippen LogP contribution in [-0.4, -0.2) is 44.2 Å². The number of nitrogens with zero attached hydrogens (tertiary/aromatic N) is 6. The molecule has 0 N–H and O–H groups in total. The number of para-hydroxylation sites is 1. The predicted molar refractivity (Wildman–Crippen MR) is 125 cm³/mol. The number of aryl methyl sites for hydroxylation is 2. The van der Waals surface area contributed by atoms with E-state index in [-0.39, 0.29) is 11.9 Å². The molecule has 2 aromatic heterocycles. The Hall–Kier alpha value is -3.26. The Balaban J connectivity index is 1.48. The fraction of sp³-hybridized carbons (Fsp3) is 0.440. The Morgan fingerprint density at radius 1 is 1.15 bits per heavy atom. The highest BCUT2D eigenvalue weighted by molar-refractivity contribution is 5.95. The van der Waals surface area contributed by atoms with E-state index in [2.05, 4.69) is 16.2 Å². The van der Waals surface area contributed by atoms with Gasteiger partial charge in [-0.2, -0.15) is 5.10 Å². The zero-order valence-corrected chi connectivity index (χ0v) is 19.5. The summed E-state index contributed by atoms with van der Waals surface area (Å²) < 4.78 is 7.36. The minimum atomic E-state index is 0.0936. The van der Waals surface area contributed by atoms with Crippen molar-refractivity contribution in [2.75, 3.05) is 18.6 Å². The number of hydrogen-bond acceptors (Lipinski definition) is 6. The van der Waals surface area contributed by atoms with Crippen molar-refractivity contribution in [3.05, 3.63) is 64.9 Å². The van der Waals surface area contributed by atoms with Crippen LogP contribution in [0.25, 0.3) is 0 Å². The Morgan fingerprint density at radius 2 is 2.00 bits per heavy atom. The van der Waals surface area contributed by atoms with Gasteiger partial charge >= 0.3 is 0 Å². The molecule has 8 nitrogen and oxygen atoms in total. The molecule has 3 aromatic rings. The molecule has 8 heteroatoms. The van der Waals surface area contributed by atoms with E-state index in [0.717, 1.165) is 60.1 Å². The topological polar surface area (TPSA) is 76.4 Å². The number of methoxy groups -OCH3 is 1. The van der Waals surface area contributed by atoms with Gasteiger partial charge in [-0.05, 0) is 38.8 Å². The maximum absolute atomic E-state index is 13.0. The van der Waals surface area contributed by atoms with Gasteiger partial charge in [0.1, 0.15) is 17.4 Å². The van der Waals surface area contributed by atoms with E-state index < -0.39 is 0 Å². The summed E-state index contributed by atoms with van der Waals surface area (Å²) in [7, 11) is 3.60. The van der Waals surface area contributed by atoms with E-state index in [1.54, 1.807) is 7.11 Å². The quantitative estimate of drug-likeness (QED) is 0.578. The second-order valence-corrected chi connectivity index (χ2v) is 8.91. The molecule has 0 spiro atoms. The van der Waals surface area contributed by atoms with E-state index in [9.17, 15) is 4.79 Å². The van der Waals surface area contributed by atoms with Crippen LogP contribution in [0.3, 0.4) is 0 Å². The molecule has 0 unspecified atom stereocenters. The zero-order valence-electron chi connectivity index (χ0n) is 19.5. The third-order valence-electron chi connectivity index (χ3n) is 6.68. The van der Waals surface area contributed by atoms with Crippen molar-refractivity contribution in [1.82, 2.24) is 24.6 Å². The number of rotatable bonds is 6. The van der Waals surface area contributed by atoms with Crippen LogP contribution in [0.1, 0.15) is 53.5 Å². The Labute approximate surface area is 194 Å². The fourth-order valence-corrected chi connectivity index (χ4v) is 5.01. The lowest BCUT2D eigenvalue weighted by Gasteiger charge is -2.31. The number of benzene rings is 1. The number of aromatic nitrogens is 4. The molecule has 0 aliphatic carbocycles. The molecule has 2 aliphatic heterocycles. The minimum Gasteiger partial charge on any atom is -0.496 e. The van der Waals surface area contributed by atoms with Crippen LogP contribution < -0.4 is 9.64 Å². The molecular weight excluding hydrogens is 416 g/mol. The first-order valence-corrected chi connectivity index (χ1v) is 11.5. The first kappa shape index (κ1) is 21.6. The Morgan fingerprint density at radius 3 is 2.79 bits per heavy atom. The van der Waals surface area contributed by atoms with E-state index >= 15 is 0 Å². The first-order chi connectivity index (χ1) is 16.0. The summed E-state index contributed by atoms with van der Waals surface area (Å²) in [4.78, 5) is 27.2. The van der Waals surface area contributed by atoms with E-state index in [1.807, 2.05) is 54.0 Å². The summed E-state index contributed by atoms with van der Waals surface area (Å²) >= 11 is 0. The molecular formula is C25H30N6O2. The average Bonchev–Trinajstić information content (AvgIpc) is 3.44. The molecule has 172 valence electrons. The SMILES string of the molecule is COc1ccccc1CN1C(=O)CCc2c(C)nc([C@@H]3CCCN3Cc3cnn(C)c3)nc21.